The highest BCUT2D eigenvalue weighted by atomic mass is 16.6. The predicted octanol–water partition coefficient (Wildman–Crippen LogP) is 7.13. The zero-order valence-electron chi connectivity index (χ0n) is 18.9. The standard InChI is InChI=1S/C24H46O4/c1-4-6-8-10-12-14-16-18-23(25)27-21-20-22(3)28-24(26)19-17-15-13-11-9-7-5-2/h22H,4-21H2,1-3H3. The van der Waals surface area contributed by atoms with Crippen molar-refractivity contribution in [2.45, 2.75) is 136 Å². The van der Waals surface area contributed by atoms with Gasteiger partial charge in [0.05, 0.1) is 6.61 Å². The van der Waals surface area contributed by atoms with Crippen LogP contribution >= 0.6 is 0 Å². The first-order chi connectivity index (χ1) is 13.6. The molecule has 1 unspecified atom stereocenters. The molecule has 0 N–H and O–H groups in total. The Morgan fingerprint density at radius 1 is 0.643 bits per heavy atom. The minimum absolute atomic E-state index is 0.129. The van der Waals surface area contributed by atoms with Gasteiger partial charge in [-0.15, -0.1) is 0 Å². The molecule has 0 fully saturated rings. The summed E-state index contributed by atoms with van der Waals surface area (Å²) >= 11 is 0. The summed E-state index contributed by atoms with van der Waals surface area (Å²) in [5, 5.41) is 0. The summed E-state index contributed by atoms with van der Waals surface area (Å²) in [6, 6.07) is 0. The first kappa shape index (κ1) is 26.9. The Bertz CT molecular complexity index is 368. The first-order valence-corrected chi connectivity index (χ1v) is 11.9. The Morgan fingerprint density at radius 3 is 1.57 bits per heavy atom. The highest BCUT2D eigenvalue weighted by Gasteiger charge is 2.10. The molecule has 28 heavy (non-hydrogen) atoms. The van der Waals surface area contributed by atoms with Gasteiger partial charge in [-0.3, -0.25) is 9.59 Å². The van der Waals surface area contributed by atoms with E-state index in [4.69, 9.17) is 9.47 Å². The van der Waals surface area contributed by atoms with Crippen LogP contribution in [0.25, 0.3) is 0 Å². The van der Waals surface area contributed by atoms with E-state index in [1.807, 2.05) is 6.92 Å². The van der Waals surface area contributed by atoms with Crippen molar-refractivity contribution < 1.29 is 19.1 Å². The lowest BCUT2D eigenvalue weighted by Crippen LogP contribution is -2.18. The molecule has 0 heterocycles. The second-order valence-electron chi connectivity index (χ2n) is 8.05. The molecule has 4 heteroatoms. The van der Waals surface area contributed by atoms with Gasteiger partial charge in [0.1, 0.15) is 6.10 Å². The van der Waals surface area contributed by atoms with Gasteiger partial charge in [0.2, 0.25) is 0 Å². The van der Waals surface area contributed by atoms with Crippen molar-refractivity contribution in [2.75, 3.05) is 6.61 Å². The van der Waals surface area contributed by atoms with E-state index in [-0.39, 0.29) is 18.0 Å². The molecule has 0 aliphatic carbocycles. The van der Waals surface area contributed by atoms with Crippen LogP contribution in [-0.4, -0.2) is 24.6 Å². The predicted molar refractivity (Wildman–Crippen MR) is 116 cm³/mol. The number of hydrogen-bond acceptors (Lipinski definition) is 4. The Labute approximate surface area is 174 Å². The van der Waals surface area contributed by atoms with Crippen molar-refractivity contribution in [3.05, 3.63) is 0 Å². The minimum Gasteiger partial charge on any atom is -0.466 e. The van der Waals surface area contributed by atoms with E-state index < -0.39 is 0 Å². The highest BCUT2D eigenvalue weighted by molar-refractivity contribution is 5.69. The smallest absolute Gasteiger partial charge is 0.306 e. The Hall–Kier alpha value is -1.06. The molecule has 0 saturated carbocycles. The third-order valence-corrected chi connectivity index (χ3v) is 5.09. The third-order valence-electron chi connectivity index (χ3n) is 5.09. The van der Waals surface area contributed by atoms with E-state index in [1.165, 1.54) is 64.2 Å². The molecule has 0 bridgehead atoms. The average molecular weight is 399 g/mol. The van der Waals surface area contributed by atoms with Gasteiger partial charge in [0.25, 0.3) is 0 Å². The molecule has 4 nitrogen and oxygen atoms in total. The van der Waals surface area contributed by atoms with Crippen LogP contribution in [0.2, 0.25) is 0 Å². The summed E-state index contributed by atoms with van der Waals surface area (Å²) in [6.07, 6.45) is 18.1. The zero-order chi connectivity index (χ0) is 20.9. The van der Waals surface area contributed by atoms with Gasteiger partial charge in [-0.1, -0.05) is 90.9 Å². The quantitative estimate of drug-likeness (QED) is 0.162. The summed E-state index contributed by atoms with van der Waals surface area (Å²) in [7, 11) is 0. The van der Waals surface area contributed by atoms with Crippen molar-refractivity contribution in [1.29, 1.82) is 0 Å². The minimum atomic E-state index is -0.191. The van der Waals surface area contributed by atoms with E-state index in [2.05, 4.69) is 13.8 Å². The average Bonchev–Trinajstić information content (AvgIpc) is 2.66. The molecular weight excluding hydrogens is 352 g/mol. The molecule has 0 amide bonds. The topological polar surface area (TPSA) is 52.6 Å². The van der Waals surface area contributed by atoms with Gasteiger partial charge in [-0.05, 0) is 19.8 Å². The Kier molecular flexibility index (Phi) is 19.9. The summed E-state index contributed by atoms with van der Waals surface area (Å²) in [5.74, 6) is -0.259. The first-order valence-electron chi connectivity index (χ1n) is 11.9. The van der Waals surface area contributed by atoms with E-state index in [0.29, 0.717) is 25.9 Å². The van der Waals surface area contributed by atoms with Gasteiger partial charge < -0.3 is 9.47 Å². The summed E-state index contributed by atoms with van der Waals surface area (Å²) in [6.45, 7) is 6.64. The van der Waals surface area contributed by atoms with E-state index in [0.717, 1.165) is 25.7 Å². The van der Waals surface area contributed by atoms with Crippen molar-refractivity contribution in [2.24, 2.45) is 0 Å². The number of esters is 2. The molecule has 0 rings (SSSR count). The van der Waals surface area contributed by atoms with Gasteiger partial charge in [0, 0.05) is 19.3 Å². The fourth-order valence-electron chi connectivity index (χ4n) is 3.21. The lowest BCUT2D eigenvalue weighted by atomic mass is 10.1. The molecule has 0 saturated heterocycles. The van der Waals surface area contributed by atoms with Crippen LogP contribution in [0, 0.1) is 0 Å². The molecule has 166 valence electrons. The molecule has 0 aromatic rings. The summed E-state index contributed by atoms with van der Waals surface area (Å²) in [4.78, 5) is 23.5. The molecule has 0 aliphatic rings. The number of hydrogen-bond donors (Lipinski definition) is 0. The lowest BCUT2D eigenvalue weighted by molar-refractivity contribution is -0.150. The SMILES string of the molecule is CCCCCCCCCC(=O)OCCC(C)OC(=O)CCCCCCCCC. The van der Waals surface area contributed by atoms with Crippen LogP contribution in [0.1, 0.15) is 130 Å². The monoisotopic (exact) mass is 398 g/mol. The van der Waals surface area contributed by atoms with Crippen LogP contribution in [-0.2, 0) is 19.1 Å². The number of ether oxygens (including phenoxy) is 2. The van der Waals surface area contributed by atoms with E-state index >= 15 is 0 Å². The Balaban J connectivity index is 3.48. The van der Waals surface area contributed by atoms with E-state index in [9.17, 15) is 9.59 Å². The van der Waals surface area contributed by atoms with Gasteiger partial charge in [-0.2, -0.15) is 0 Å². The summed E-state index contributed by atoms with van der Waals surface area (Å²) < 4.78 is 10.6. The maximum atomic E-state index is 11.8. The van der Waals surface area contributed by atoms with Gasteiger partial charge in [-0.25, -0.2) is 0 Å². The van der Waals surface area contributed by atoms with Crippen LogP contribution in [0.15, 0.2) is 0 Å². The molecule has 0 radical (unpaired) electrons. The number of unbranched alkanes of at least 4 members (excludes halogenated alkanes) is 12. The lowest BCUT2D eigenvalue weighted by Gasteiger charge is -2.13. The van der Waals surface area contributed by atoms with Crippen molar-refractivity contribution in [1.82, 2.24) is 0 Å². The second kappa shape index (κ2) is 20.7. The zero-order valence-corrected chi connectivity index (χ0v) is 18.9. The maximum absolute atomic E-state index is 11.8. The molecule has 1 atom stereocenters. The fraction of sp³-hybridized carbons (Fsp3) is 0.917. The van der Waals surface area contributed by atoms with Crippen LogP contribution < -0.4 is 0 Å². The van der Waals surface area contributed by atoms with Gasteiger partial charge in [0.15, 0.2) is 0 Å². The van der Waals surface area contributed by atoms with Crippen LogP contribution in [0.4, 0.5) is 0 Å². The third kappa shape index (κ3) is 19.7. The van der Waals surface area contributed by atoms with Crippen molar-refractivity contribution in [3.8, 4) is 0 Å². The molecule has 0 spiro atoms. The number of carbonyl (C=O) groups excluding carboxylic acids is 2. The molecule has 0 aromatic carbocycles. The molecule has 0 aromatic heterocycles. The largest absolute Gasteiger partial charge is 0.466 e. The molecular formula is C24H46O4. The maximum Gasteiger partial charge on any atom is 0.306 e. The number of rotatable bonds is 20. The highest BCUT2D eigenvalue weighted by Crippen LogP contribution is 2.11. The number of carbonyl (C=O) groups is 2. The second-order valence-corrected chi connectivity index (χ2v) is 8.05. The van der Waals surface area contributed by atoms with Gasteiger partial charge >= 0.3 is 11.9 Å². The normalized spacial score (nSPS) is 12.0. The molecule has 0 aliphatic heterocycles. The van der Waals surface area contributed by atoms with Crippen LogP contribution in [0.5, 0.6) is 0 Å². The summed E-state index contributed by atoms with van der Waals surface area (Å²) in [5.41, 5.74) is 0. The van der Waals surface area contributed by atoms with Crippen molar-refractivity contribution >= 4 is 11.9 Å². The fourth-order valence-corrected chi connectivity index (χ4v) is 3.21. The van der Waals surface area contributed by atoms with Crippen LogP contribution in [0.3, 0.4) is 0 Å². The Morgan fingerprint density at radius 2 is 1.07 bits per heavy atom. The van der Waals surface area contributed by atoms with Crippen molar-refractivity contribution in [3.63, 3.8) is 0 Å². The van der Waals surface area contributed by atoms with E-state index in [1.54, 1.807) is 0 Å².